The lowest BCUT2D eigenvalue weighted by molar-refractivity contribution is 0.271. The van der Waals surface area contributed by atoms with Gasteiger partial charge in [0.1, 0.15) is 5.82 Å². The van der Waals surface area contributed by atoms with E-state index in [9.17, 15) is 0 Å². The predicted molar refractivity (Wildman–Crippen MR) is 96.4 cm³/mol. The highest BCUT2D eigenvalue weighted by Crippen LogP contribution is 2.13. The third-order valence-corrected chi connectivity index (χ3v) is 4.01. The van der Waals surface area contributed by atoms with Crippen molar-refractivity contribution >= 4 is 17.7 Å². The maximum atomic E-state index is 4.60. The predicted octanol–water partition coefficient (Wildman–Crippen LogP) is 2.30. The van der Waals surface area contributed by atoms with E-state index in [0.29, 0.717) is 0 Å². The lowest BCUT2D eigenvalue weighted by Gasteiger charge is -2.33. The van der Waals surface area contributed by atoms with Crippen molar-refractivity contribution in [1.82, 2.24) is 9.99 Å². The molecule has 0 aliphatic carbocycles. The number of pyridine rings is 1. The summed E-state index contributed by atoms with van der Waals surface area (Å²) in [5, 5.41) is 6.73. The fourth-order valence-electron chi connectivity index (χ4n) is 2.59. The van der Waals surface area contributed by atoms with Crippen LogP contribution in [0, 0.1) is 0 Å². The van der Waals surface area contributed by atoms with Gasteiger partial charge in [-0.3, -0.25) is 5.01 Å². The molecule has 1 aliphatic rings. The molecule has 23 heavy (non-hydrogen) atoms. The van der Waals surface area contributed by atoms with Crippen molar-refractivity contribution in [3.63, 3.8) is 0 Å². The molecule has 0 atom stereocenters. The lowest BCUT2D eigenvalue weighted by Crippen LogP contribution is -2.44. The molecule has 3 rings (SSSR count). The first kappa shape index (κ1) is 15.3. The van der Waals surface area contributed by atoms with E-state index >= 15 is 0 Å². The second-order valence-corrected chi connectivity index (χ2v) is 5.86. The Morgan fingerprint density at radius 2 is 1.74 bits per heavy atom. The van der Waals surface area contributed by atoms with Crippen LogP contribution < -0.4 is 9.80 Å². The molecule has 1 aromatic heterocycles. The average molecular weight is 309 g/mol. The third-order valence-electron chi connectivity index (χ3n) is 4.01. The van der Waals surface area contributed by atoms with Crippen molar-refractivity contribution in [3.8, 4) is 0 Å². The van der Waals surface area contributed by atoms with Crippen molar-refractivity contribution in [3.05, 3.63) is 54.2 Å². The Morgan fingerprint density at radius 1 is 1.00 bits per heavy atom. The van der Waals surface area contributed by atoms with E-state index in [2.05, 4.69) is 55.2 Å². The van der Waals surface area contributed by atoms with Crippen LogP contribution in [0.3, 0.4) is 0 Å². The van der Waals surface area contributed by atoms with E-state index in [1.54, 1.807) is 0 Å². The van der Waals surface area contributed by atoms with Crippen LogP contribution in [0.2, 0.25) is 0 Å². The molecule has 1 aromatic carbocycles. The van der Waals surface area contributed by atoms with Gasteiger partial charge in [-0.1, -0.05) is 18.2 Å². The zero-order valence-electron chi connectivity index (χ0n) is 13.8. The highest BCUT2D eigenvalue weighted by atomic mass is 15.5. The molecular formula is C18H23N5. The van der Waals surface area contributed by atoms with Gasteiger partial charge in [0.15, 0.2) is 0 Å². The number of rotatable bonds is 4. The molecule has 1 fully saturated rings. The number of benzene rings is 1. The van der Waals surface area contributed by atoms with E-state index in [-0.39, 0.29) is 0 Å². The molecule has 5 heteroatoms. The first-order valence-corrected chi connectivity index (χ1v) is 7.95. The van der Waals surface area contributed by atoms with Crippen LogP contribution in [0.25, 0.3) is 0 Å². The van der Waals surface area contributed by atoms with E-state index < -0.39 is 0 Å². The smallest absolute Gasteiger partial charge is 0.128 e. The monoisotopic (exact) mass is 309 g/mol. The number of hydrazone groups is 1. The summed E-state index contributed by atoms with van der Waals surface area (Å²) in [6.07, 6.45) is 3.78. The highest BCUT2D eigenvalue weighted by Gasteiger charge is 2.15. The molecular weight excluding hydrogens is 286 g/mol. The van der Waals surface area contributed by atoms with Crippen molar-refractivity contribution in [2.45, 2.75) is 0 Å². The first-order valence-electron chi connectivity index (χ1n) is 7.95. The zero-order valence-corrected chi connectivity index (χ0v) is 13.8. The quantitative estimate of drug-likeness (QED) is 0.812. The second-order valence-electron chi connectivity index (χ2n) is 5.86. The van der Waals surface area contributed by atoms with Crippen LogP contribution in [0.15, 0.2) is 53.8 Å². The zero-order chi connectivity index (χ0) is 16.1. The van der Waals surface area contributed by atoms with Crippen LogP contribution in [-0.4, -0.2) is 56.5 Å². The van der Waals surface area contributed by atoms with Gasteiger partial charge in [0.2, 0.25) is 0 Å². The number of piperazine rings is 1. The van der Waals surface area contributed by atoms with Gasteiger partial charge >= 0.3 is 0 Å². The number of hydrogen-bond acceptors (Lipinski definition) is 5. The largest absolute Gasteiger partial charge is 0.378 e. The molecule has 0 radical (unpaired) electrons. The Bertz CT molecular complexity index is 628. The average Bonchev–Trinajstić information content (AvgIpc) is 2.61. The van der Waals surface area contributed by atoms with Crippen molar-refractivity contribution in [2.24, 2.45) is 5.10 Å². The number of aromatic nitrogens is 1. The molecule has 0 N–H and O–H groups in total. The maximum Gasteiger partial charge on any atom is 0.128 e. The van der Waals surface area contributed by atoms with Crippen LogP contribution in [0.1, 0.15) is 5.56 Å². The summed E-state index contributed by atoms with van der Waals surface area (Å²) in [6.45, 7) is 3.74. The van der Waals surface area contributed by atoms with Crippen LogP contribution in [0.5, 0.6) is 0 Å². The van der Waals surface area contributed by atoms with Gasteiger partial charge < -0.3 is 9.80 Å². The number of hydrogen-bond donors (Lipinski definition) is 0. The molecule has 0 spiro atoms. The fourth-order valence-corrected chi connectivity index (χ4v) is 2.59. The van der Waals surface area contributed by atoms with E-state index in [4.69, 9.17) is 0 Å². The standard InChI is InChI=1S/C18H23N5/c1-21(2)17-8-6-16(7-9-17)15-20-23-13-11-22(12-14-23)18-5-3-4-10-19-18/h3-10,15H,11-14H2,1-2H3/b20-15+. The van der Waals surface area contributed by atoms with Gasteiger partial charge in [-0.25, -0.2) is 4.98 Å². The van der Waals surface area contributed by atoms with E-state index in [0.717, 1.165) is 37.6 Å². The highest BCUT2D eigenvalue weighted by molar-refractivity contribution is 5.80. The Labute approximate surface area is 137 Å². The van der Waals surface area contributed by atoms with Crippen LogP contribution in [-0.2, 0) is 0 Å². The summed E-state index contributed by atoms with van der Waals surface area (Å²) in [7, 11) is 4.09. The maximum absolute atomic E-state index is 4.60. The SMILES string of the molecule is CN(C)c1ccc(/C=N/N2CCN(c3ccccn3)CC2)cc1. The molecule has 1 saturated heterocycles. The van der Waals surface area contributed by atoms with Gasteiger partial charge in [0, 0.05) is 39.1 Å². The van der Waals surface area contributed by atoms with Crippen molar-refractivity contribution < 1.29 is 0 Å². The Hall–Kier alpha value is -2.56. The molecule has 2 heterocycles. The lowest BCUT2D eigenvalue weighted by atomic mass is 10.2. The van der Waals surface area contributed by atoms with Crippen LogP contribution in [0.4, 0.5) is 11.5 Å². The van der Waals surface area contributed by atoms with Gasteiger partial charge in [-0.2, -0.15) is 5.10 Å². The Balaban J connectivity index is 1.54. The van der Waals surface area contributed by atoms with Crippen LogP contribution >= 0.6 is 0 Å². The first-order chi connectivity index (χ1) is 11.2. The molecule has 0 bridgehead atoms. The Morgan fingerprint density at radius 3 is 2.35 bits per heavy atom. The summed E-state index contributed by atoms with van der Waals surface area (Å²) in [4.78, 5) is 8.81. The molecule has 1 aliphatic heterocycles. The summed E-state index contributed by atoms with van der Waals surface area (Å²) in [5.74, 6) is 1.05. The van der Waals surface area contributed by atoms with Crippen molar-refractivity contribution in [1.29, 1.82) is 0 Å². The second kappa shape index (κ2) is 7.13. The van der Waals surface area contributed by atoms with Crippen molar-refractivity contribution in [2.75, 3.05) is 50.1 Å². The molecule has 0 amide bonds. The topological polar surface area (TPSA) is 35.0 Å². The number of nitrogens with zero attached hydrogens (tertiary/aromatic N) is 5. The molecule has 120 valence electrons. The van der Waals surface area contributed by atoms with Gasteiger partial charge in [0.25, 0.3) is 0 Å². The normalized spacial score (nSPS) is 15.2. The minimum atomic E-state index is 0.919. The van der Waals surface area contributed by atoms with Gasteiger partial charge in [0.05, 0.1) is 19.3 Å². The number of anilines is 2. The molecule has 5 nitrogen and oxygen atoms in total. The van der Waals surface area contributed by atoms with E-state index in [1.165, 1.54) is 5.69 Å². The van der Waals surface area contributed by atoms with Gasteiger partial charge in [-0.15, -0.1) is 0 Å². The molecule has 0 unspecified atom stereocenters. The minimum Gasteiger partial charge on any atom is -0.378 e. The molecule has 2 aromatic rings. The summed E-state index contributed by atoms with van der Waals surface area (Å²) in [6, 6.07) is 14.5. The minimum absolute atomic E-state index is 0.919. The summed E-state index contributed by atoms with van der Waals surface area (Å²) < 4.78 is 0. The summed E-state index contributed by atoms with van der Waals surface area (Å²) in [5.41, 5.74) is 2.33. The third kappa shape index (κ3) is 4.00. The molecule has 0 saturated carbocycles. The summed E-state index contributed by atoms with van der Waals surface area (Å²) >= 11 is 0. The van der Waals surface area contributed by atoms with E-state index in [1.807, 2.05) is 38.6 Å². The van der Waals surface area contributed by atoms with Gasteiger partial charge in [-0.05, 0) is 29.8 Å². The Kier molecular flexibility index (Phi) is 4.76. The fraction of sp³-hybridized carbons (Fsp3) is 0.333.